The molecule has 0 aromatic heterocycles. The van der Waals surface area contributed by atoms with Crippen LogP contribution in [0.2, 0.25) is 0 Å². The predicted molar refractivity (Wildman–Crippen MR) is 50.7 cm³/mol. The minimum Gasteiger partial charge on any atom is -0.351 e. The molecule has 0 aromatic carbocycles. The van der Waals surface area contributed by atoms with Crippen molar-refractivity contribution in [3.05, 3.63) is 0 Å². The summed E-state index contributed by atoms with van der Waals surface area (Å²) in [5, 5.41) is 0. The van der Waals surface area contributed by atoms with Crippen LogP contribution in [0.15, 0.2) is 0 Å². The molecule has 1 rings (SSSR count). The maximum absolute atomic E-state index is 11.5. The van der Waals surface area contributed by atoms with E-state index in [1.54, 1.807) is 13.8 Å². The molecule has 78 valence electrons. The van der Waals surface area contributed by atoms with Crippen LogP contribution in [0.3, 0.4) is 0 Å². The van der Waals surface area contributed by atoms with Crippen LogP contribution >= 0.6 is 0 Å². The minimum atomic E-state index is -3.25. The van der Waals surface area contributed by atoms with Crippen LogP contribution in [-0.4, -0.2) is 26.0 Å². The Morgan fingerprint density at radius 3 is 2.08 bits per heavy atom. The van der Waals surface area contributed by atoms with Gasteiger partial charge < -0.3 is 4.74 Å². The molecule has 1 saturated heterocycles. The summed E-state index contributed by atoms with van der Waals surface area (Å²) < 4.78 is 30.6. The summed E-state index contributed by atoms with van der Waals surface area (Å²) in [5.41, 5.74) is -0.630. The van der Waals surface area contributed by atoms with Crippen LogP contribution in [-0.2, 0) is 14.8 Å². The van der Waals surface area contributed by atoms with E-state index in [-0.39, 0.29) is 18.1 Å². The summed E-state index contributed by atoms with van der Waals surface area (Å²) in [7, 11) is -3.25. The van der Waals surface area contributed by atoms with Crippen LogP contribution in [0.25, 0.3) is 0 Å². The Kier molecular flexibility index (Phi) is 2.99. The maximum atomic E-state index is 11.5. The van der Waals surface area contributed by atoms with Gasteiger partial charge in [-0.05, 0) is 19.8 Å². The highest BCUT2D eigenvalue weighted by molar-refractivity contribution is 7.90. The van der Waals surface area contributed by atoms with Gasteiger partial charge in [-0.3, -0.25) is 0 Å². The lowest BCUT2D eigenvalue weighted by atomic mass is 10.2. The van der Waals surface area contributed by atoms with E-state index in [1.807, 2.05) is 13.8 Å². The van der Waals surface area contributed by atoms with Gasteiger partial charge in [-0.2, -0.15) is 0 Å². The Labute approximate surface area is 79.7 Å². The molecule has 0 saturated carbocycles. The second kappa shape index (κ2) is 3.55. The number of epoxide rings is 1. The minimum absolute atomic E-state index is 0.0676. The number of hydrogen-bond donors (Lipinski definition) is 1. The average Bonchev–Trinajstić information content (AvgIpc) is 2.59. The number of nitrogens with one attached hydrogen (secondary N) is 1. The standard InChI is InChI=1S/C8H17NO3S/c1-5(2)7-8(12-7)13(10,11)9-6(3)4/h5-9H,1-4H3. The molecular formula is C8H17NO3S. The van der Waals surface area contributed by atoms with Gasteiger partial charge in [-0.15, -0.1) is 0 Å². The van der Waals surface area contributed by atoms with Crippen molar-refractivity contribution in [2.24, 2.45) is 5.92 Å². The third kappa shape index (κ3) is 2.65. The first kappa shape index (κ1) is 10.9. The summed E-state index contributed by atoms with van der Waals surface area (Å²) in [6, 6.07) is -0.0676. The summed E-state index contributed by atoms with van der Waals surface area (Å²) in [4.78, 5) is 0. The summed E-state index contributed by atoms with van der Waals surface area (Å²) in [6.45, 7) is 7.50. The van der Waals surface area contributed by atoms with E-state index in [1.165, 1.54) is 0 Å². The van der Waals surface area contributed by atoms with Gasteiger partial charge in [-0.1, -0.05) is 13.8 Å². The Morgan fingerprint density at radius 1 is 1.23 bits per heavy atom. The van der Waals surface area contributed by atoms with Gasteiger partial charge in [0.15, 0.2) is 5.44 Å². The van der Waals surface area contributed by atoms with Crippen molar-refractivity contribution in [1.29, 1.82) is 0 Å². The molecule has 0 bridgehead atoms. The molecule has 1 aliphatic rings. The van der Waals surface area contributed by atoms with Crippen LogP contribution in [0, 0.1) is 5.92 Å². The predicted octanol–water partition coefficient (Wildman–Crippen LogP) is 0.695. The van der Waals surface area contributed by atoms with Crippen LogP contribution in [0.4, 0.5) is 0 Å². The number of ether oxygens (including phenoxy) is 1. The number of hydrogen-bond acceptors (Lipinski definition) is 3. The van der Waals surface area contributed by atoms with Crippen molar-refractivity contribution in [1.82, 2.24) is 4.72 Å². The van der Waals surface area contributed by atoms with E-state index in [0.717, 1.165) is 0 Å². The maximum Gasteiger partial charge on any atom is 0.241 e. The second-order valence-corrected chi connectivity index (χ2v) is 5.82. The van der Waals surface area contributed by atoms with Crippen molar-refractivity contribution in [2.45, 2.75) is 45.3 Å². The molecule has 2 unspecified atom stereocenters. The molecule has 1 aliphatic heterocycles. The molecule has 0 radical (unpaired) electrons. The summed E-state index contributed by atoms with van der Waals surface area (Å²) in [6.07, 6.45) is -0.128. The molecule has 2 atom stereocenters. The van der Waals surface area contributed by atoms with Crippen molar-refractivity contribution in [2.75, 3.05) is 0 Å². The highest BCUT2D eigenvalue weighted by Gasteiger charge is 2.50. The van der Waals surface area contributed by atoms with Crippen molar-refractivity contribution in [3.63, 3.8) is 0 Å². The Hall–Kier alpha value is -0.130. The Balaban J connectivity index is 2.55. The molecule has 1 heterocycles. The fourth-order valence-electron chi connectivity index (χ4n) is 1.23. The highest BCUT2D eigenvalue weighted by Crippen LogP contribution is 2.32. The zero-order chi connectivity index (χ0) is 10.2. The summed E-state index contributed by atoms with van der Waals surface area (Å²) in [5.74, 6) is 0.258. The third-order valence-corrected chi connectivity index (χ3v) is 3.64. The first-order valence-corrected chi connectivity index (χ1v) is 6.06. The highest BCUT2D eigenvalue weighted by atomic mass is 32.2. The molecular weight excluding hydrogens is 190 g/mol. The van der Waals surface area contributed by atoms with E-state index in [2.05, 4.69) is 4.72 Å². The lowest BCUT2D eigenvalue weighted by molar-refractivity contribution is 0.348. The summed E-state index contributed by atoms with van der Waals surface area (Å²) >= 11 is 0. The smallest absolute Gasteiger partial charge is 0.241 e. The fourth-order valence-corrected chi connectivity index (χ4v) is 2.96. The molecule has 13 heavy (non-hydrogen) atoms. The number of rotatable bonds is 4. The zero-order valence-corrected chi connectivity index (χ0v) is 9.26. The van der Waals surface area contributed by atoms with E-state index in [0.29, 0.717) is 0 Å². The van der Waals surface area contributed by atoms with Gasteiger partial charge in [0.1, 0.15) is 6.10 Å². The molecule has 0 aromatic rings. The normalized spacial score (nSPS) is 28.5. The first-order valence-electron chi connectivity index (χ1n) is 4.51. The van der Waals surface area contributed by atoms with E-state index >= 15 is 0 Å². The van der Waals surface area contributed by atoms with E-state index in [9.17, 15) is 8.42 Å². The Bertz CT molecular complexity index is 271. The third-order valence-electron chi connectivity index (χ3n) is 1.85. The molecule has 0 spiro atoms. The topological polar surface area (TPSA) is 58.7 Å². The van der Waals surface area contributed by atoms with Gasteiger partial charge in [0, 0.05) is 6.04 Å². The average molecular weight is 207 g/mol. The van der Waals surface area contributed by atoms with Crippen molar-refractivity contribution < 1.29 is 13.2 Å². The largest absolute Gasteiger partial charge is 0.351 e. The SMILES string of the molecule is CC(C)NS(=O)(=O)C1OC1C(C)C. The van der Waals surface area contributed by atoms with Gasteiger partial charge in [0.25, 0.3) is 0 Å². The van der Waals surface area contributed by atoms with Gasteiger partial charge in [0.2, 0.25) is 10.0 Å². The van der Waals surface area contributed by atoms with E-state index < -0.39 is 15.5 Å². The molecule has 0 amide bonds. The Morgan fingerprint density at radius 2 is 1.77 bits per heavy atom. The molecule has 0 aliphatic carbocycles. The number of sulfonamides is 1. The van der Waals surface area contributed by atoms with Crippen molar-refractivity contribution in [3.8, 4) is 0 Å². The molecule has 4 nitrogen and oxygen atoms in total. The quantitative estimate of drug-likeness (QED) is 0.690. The fraction of sp³-hybridized carbons (Fsp3) is 1.00. The lowest BCUT2D eigenvalue weighted by Crippen LogP contribution is -2.34. The lowest BCUT2D eigenvalue weighted by Gasteiger charge is -2.07. The van der Waals surface area contributed by atoms with Crippen LogP contribution in [0.5, 0.6) is 0 Å². The van der Waals surface area contributed by atoms with Crippen LogP contribution < -0.4 is 4.72 Å². The zero-order valence-electron chi connectivity index (χ0n) is 8.44. The molecule has 5 heteroatoms. The van der Waals surface area contributed by atoms with Crippen LogP contribution in [0.1, 0.15) is 27.7 Å². The molecule has 1 fully saturated rings. The second-order valence-electron chi connectivity index (χ2n) is 4.03. The van der Waals surface area contributed by atoms with Gasteiger partial charge in [0.05, 0.1) is 0 Å². The molecule has 1 N–H and O–H groups in total. The first-order chi connectivity index (χ1) is 5.84. The van der Waals surface area contributed by atoms with Gasteiger partial charge >= 0.3 is 0 Å². The monoisotopic (exact) mass is 207 g/mol. The van der Waals surface area contributed by atoms with Crippen molar-refractivity contribution >= 4 is 10.0 Å². The van der Waals surface area contributed by atoms with E-state index in [4.69, 9.17) is 4.74 Å². The van der Waals surface area contributed by atoms with Gasteiger partial charge in [-0.25, -0.2) is 13.1 Å².